The van der Waals surface area contributed by atoms with Crippen LogP contribution in [0.4, 0.5) is 0 Å². The van der Waals surface area contributed by atoms with Crippen LogP contribution in [0.1, 0.15) is 37.7 Å². The zero-order chi connectivity index (χ0) is 26.7. The lowest BCUT2D eigenvalue weighted by Crippen LogP contribution is -2.31. The minimum atomic E-state index is 0.387. The summed E-state index contributed by atoms with van der Waals surface area (Å²) in [4.78, 5) is 4.94. The van der Waals surface area contributed by atoms with Crippen molar-refractivity contribution in [2.45, 2.75) is 37.5 Å². The van der Waals surface area contributed by atoms with Gasteiger partial charge in [-0.15, -0.1) is 0 Å². The van der Waals surface area contributed by atoms with Gasteiger partial charge >= 0.3 is 0 Å². The predicted molar refractivity (Wildman–Crippen MR) is 168 cm³/mol. The summed E-state index contributed by atoms with van der Waals surface area (Å²) in [5, 5.41) is 5.18. The monoisotopic (exact) mass is 529 g/mol. The lowest BCUT2D eigenvalue weighted by atomic mass is 9.66. The molecule has 3 nitrogen and oxygen atoms in total. The maximum Gasteiger partial charge on any atom is 0.139 e. The van der Waals surface area contributed by atoms with Crippen LogP contribution in [-0.2, 0) is 5.41 Å². The van der Waals surface area contributed by atoms with Gasteiger partial charge in [0, 0.05) is 33.8 Å². The largest absolute Gasteiger partial charge is 0.309 e. The van der Waals surface area contributed by atoms with E-state index in [-0.39, 0.29) is 0 Å². The fourth-order valence-corrected chi connectivity index (χ4v) is 9.58. The van der Waals surface area contributed by atoms with E-state index in [0.717, 1.165) is 29.3 Å². The first-order chi connectivity index (χ1) is 20.3. The fourth-order valence-electron chi connectivity index (χ4n) is 9.58. The molecule has 3 heteroatoms. The number of hydrogen-bond acceptors (Lipinski definition) is 1. The third-order valence-corrected chi connectivity index (χ3v) is 11.0. The molecule has 2 atom stereocenters. The van der Waals surface area contributed by atoms with Gasteiger partial charge in [0.15, 0.2) is 0 Å². The topological polar surface area (TPSA) is 22.8 Å². The van der Waals surface area contributed by atoms with E-state index in [1.165, 1.54) is 75.7 Å². The highest BCUT2D eigenvalue weighted by atomic mass is 15.1. The Hall–Kier alpha value is -4.37. The van der Waals surface area contributed by atoms with Gasteiger partial charge in [-0.3, -0.25) is 4.57 Å². The molecular formula is C38H31N3. The summed E-state index contributed by atoms with van der Waals surface area (Å²) in [6.45, 7) is 0. The van der Waals surface area contributed by atoms with Crippen LogP contribution in [0.5, 0.6) is 0 Å². The molecule has 198 valence electrons. The van der Waals surface area contributed by atoms with Crippen molar-refractivity contribution in [3.63, 3.8) is 0 Å². The average Bonchev–Trinajstić information content (AvgIpc) is 3.70. The minimum Gasteiger partial charge on any atom is -0.309 e. The summed E-state index contributed by atoms with van der Waals surface area (Å²) in [7, 11) is 0. The zero-order valence-corrected chi connectivity index (χ0v) is 23.0. The van der Waals surface area contributed by atoms with Gasteiger partial charge in [-0.25, -0.2) is 4.98 Å². The van der Waals surface area contributed by atoms with Crippen molar-refractivity contribution in [2.24, 2.45) is 17.8 Å². The molecule has 4 fully saturated rings. The van der Waals surface area contributed by atoms with Gasteiger partial charge in [-0.05, 0) is 91.2 Å². The Morgan fingerprint density at radius 1 is 0.561 bits per heavy atom. The Labute approximate surface area is 239 Å². The molecule has 0 aliphatic heterocycles. The highest BCUT2D eigenvalue weighted by Gasteiger charge is 2.56. The van der Waals surface area contributed by atoms with Crippen molar-refractivity contribution < 1.29 is 0 Å². The van der Waals surface area contributed by atoms with E-state index in [1.54, 1.807) is 5.56 Å². The van der Waals surface area contributed by atoms with Gasteiger partial charge in [0.2, 0.25) is 0 Å². The third kappa shape index (κ3) is 2.96. The molecular weight excluding hydrogens is 498 g/mol. The molecule has 0 spiro atoms. The van der Waals surface area contributed by atoms with Crippen LogP contribution in [0.3, 0.4) is 0 Å². The average molecular weight is 530 g/mol. The Bertz CT molecular complexity index is 2110. The minimum absolute atomic E-state index is 0.387. The quantitative estimate of drug-likeness (QED) is 0.224. The smallest absolute Gasteiger partial charge is 0.139 e. The summed E-state index contributed by atoms with van der Waals surface area (Å²) in [6.07, 6.45) is 9.13. The highest BCUT2D eigenvalue weighted by molar-refractivity contribution is 6.10. The van der Waals surface area contributed by atoms with E-state index in [0.29, 0.717) is 5.41 Å². The molecule has 3 heterocycles. The van der Waals surface area contributed by atoms with Crippen molar-refractivity contribution in [1.29, 1.82) is 0 Å². The van der Waals surface area contributed by atoms with E-state index >= 15 is 0 Å². The lowest BCUT2D eigenvalue weighted by Gasteiger charge is -2.39. The van der Waals surface area contributed by atoms with Gasteiger partial charge in [-0.2, -0.15) is 0 Å². The molecule has 4 saturated carbocycles. The Kier molecular flexibility index (Phi) is 4.29. The van der Waals surface area contributed by atoms with Crippen LogP contribution in [0, 0.1) is 17.8 Å². The van der Waals surface area contributed by atoms with Crippen molar-refractivity contribution >= 4 is 43.6 Å². The molecule has 41 heavy (non-hydrogen) atoms. The molecule has 4 aliphatic carbocycles. The van der Waals surface area contributed by atoms with Gasteiger partial charge in [-0.1, -0.05) is 66.7 Å². The number of benzene rings is 4. The maximum absolute atomic E-state index is 4.94. The van der Waals surface area contributed by atoms with Crippen LogP contribution in [0.25, 0.3) is 55.1 Å². The summed E-state index contributed by atoms with van der Waals surface area (Å²) >= 11 is 0. The second-order valence-corrected chi connectivity index (χ2v) is 13.1. The second-order valence-electron chi connectivity index (χ2n) is 13.1. The zero-order valence-electron chi connectivity index (χ0n) is 23.0. The molecule has 0 N–H and O–H groups in total. The SMILES string of the molecule is c1ccc2c(c1)c1ccc(C34CC5CC(C3)C(C5)C4)cc1n2-c1ccnc(-n2c3ccccc3c3ccccc32)c1. The standard InChI is InChI=1S/C38H31N3/c1-4-10-33-31(9-1)32-14-13-27(38-21-24-17-25(22-38)26(18-24)23-38)19-36(32)40(33)28-15-16-39-37(20-28)41-34-11-5-2-7-29(34)30-8-3-6-12-35(30)41/h1-16,19-20,24-26H,17-18,21-23H2. The third-order valence-electron chi connectivity index (χ3n) is 11.0. The van der Waals surface area contributed by atoms with Gasteiger partial charge in [0.25, 0.3) is 0 Å². The van der Waals surface area contributed by atoms with Crippen LogP contribution in [0.2, 0.25) is 0 Å². The van der Waals surface area contributed by atoms with Crippen molar-refractivity contribution in [3.8, 4) is 11.5 Å². The summed E-state index contributed by atoms with van der Waals surface area (Å²) in [5.74, 6) is 3.82. The summed E-state index contributed by atoms with van der Waals surface area (Å²) in [5.41, 5.74) is 8.07. The first kappa shape index (κ1) is 22.3. The molecule has 3 aromatic heterocycles. The van der Waals surface area contributed by atoms with Crippen LogP contribution < -0.4 is 0 Å². The molecule has 4 aromatic carbocycles. The first-order valence-electron chi connectivity index (χ1n) is 15.2. The van der Waals surface area contributed by atoms with E-state index in [2.05, 4.69) is 112 Å². The van der Waals surface area contributed by atoms with E-state index < -0.39 is 0 Å². The van der Waals surface area contributed by atoms with Gasteiger partial charge in [0.05, 0.1) is 27.8 Å². The van der Waals surface area contributed by atoms with Crippen LogP contribution in [-0.4, -0.2) is 14.1 Å². The van der Waals surface area contributed by atoms with E-state index in [1.807, 2.05) is 6.20 Å². The number of nitrogens with zero attached hydrogens (tertiary/aromatic N) is 3. The fraction of sp³-hybridized carbons (Fsp3) is 0.237. The molecule has 0 amide bonds. The molecule has 4 bridgehead atoms. The molecule has 0 radical (unpaired) electrons. The van der Waals surface area contributed by atoms with Crippen molar-refractivity contribution in [3.05, 3.63) is 115 Å². The number of aromatic nitrogens is 3. The lowest BCUT2D eigenvalue weighted by molar-refractivity contribution is 0.229. The van der Waals surface area contributed by atoms with Crippen molar-refractivity contribution in [2.75, 3.05) is 0 Å². The summed E-state index contributed by atoms with van der Waals surface area (Å²) < 4.78 is 4.80. The Morgan fingerprint density at radius 2 is 1.15 bits per heavy atom. The Morgan fingerprint density at radius 3 is 1.78 bits per heavy atom. The van der Waals surface area contributed by atoms with Crippen LogP contribution >= 0.6 is 0 Å². The van der Waals surface area contributed by atoms with Gasteiger partial charge < -0.3 is 4.57 Å². The van der Waals surface area contributed by atoms with Crippen molar-refractivity contribution in [1.82, 2.24) is 14.1 Å². The molecule has 11 rings (SSSR count). The Balaban J connectivity index is 1.21. The number of fused-ring (bicyclic) bond motifs is 6. The second kappa shape index (κ2) is 7.88. The summed E-state index contributed by atoms with van der Waals surface area (Å²) in [6, 6.07) is 38.1. The van der Waals surface area contributed by atoms with E-state index in [4.69, 9.17) is 4.98 Å². The number of rotatable bonds is 3. The highest BCUT2D eigenvalue weighted by Crippen LogP contribution is 2.65. The number of para-hydroxylation sites is 3. The molecule has 7 aromatic rings. The van der Waals surface area contributed by atoms with Gasteiger partial charge in [0.1, 0.15) is 5.82 Å². The normalized spacial score (nSPS) is 24.9. The predicted octanol–water partition coefficient (Wildman–Crippen LogP) is 9.35. The first-order valence-corrected chi connectivity index (χ1v) is 15.2. The van der Waals surface area contributed by atoms with Crippen LogP contribution in [0.15, 0.2) is 109 Å². The number of pyridine rings is 1. The number of hydrogen-bond donors (Lipinski definition) is 0. The maximum atomic E-state index is 4.94. The molecule has 4 aliphatic rings. The van der Waals surface area contributed by atoms with E-state index in [9.17, 15) is 0 Å². The molecule has 0 saturated heterocycles. The molecule has 2 unspecified atom stereocenters.